The minimum Gasteiger partial charge on any atom is -0.324 e. The van der Waals surface area contributed by atoms with Crippen LogP contribution in [0.2, 0.25) is 0 Å². The molecule has 0 spiro atoms. The average molecular weight is 287 g/mol. The molecule has 0 heterocycles. The first-order valence-electron chi connectivity index (χ1n) is 5.21. The molecule has 0 radical (unpaired) electrons. The Morgan fingerprint density at radius 3 is 2.00 bits per heavy atom. The van der Waals surface area contributed by atoms with Crippen molar-refractivity contribution in [3.63, 3.8) is 0 Å². The van der Waals surface area contributed by atoms with Gasteiger partial charge in [0.25, 0.3) is 0 Å². The van der Waals surface area contributed by atoms with Crippen LogP contribution in [0, 0.1) is 0 Å². The molecule has 4 N–H and O–H groups in total. The van der Waals surface area contributed by atoms with Crippen LogP contribution in [-0.2, 0) is 20.0 Å². The minimum atomic E-state index is -3.50. The lowest BCUT2D eigenvalue weighted by Gasteiger charge is -2.18. The van der Waals surface area contributed by atoms with Crippen LogP contribution in [0.25, 0.3) is 0 Å². The predicted molar refractivity (Wildman–Crippen MR) is 67.5 cm³/mol. The van der Waals surface area contributed by atoms with E-state index in [4.69, 9.17) is 5.73 Å². The second-order valence-electron chi connectivity index (χ2n) is 4.43. The summed E-state index contributed by atoms with van der Waals surface area (Å²) in [7, 11) is -6.85. The highest BCUT2D eigenvalue weighted by Gasteiger charge is 2.17. The second kappa shape index (κ2) is 6.10. The van der Waals surface area contributed by atoms with Crippen LogP contribution in [0.5, 0.6) is 0 Å². The second-order valence-corrected chi connectivity index (χ2v) is 8.45. The van der Waals surface area contributed by atoms with Gasteiger partial charge in [-0.3, -0.25) is 0 Å². The van der Waals surface area contributed by atoms with E-state index >= 15 is 0 Å². The Morgan fingerprint density at radius 1 is 1.06 bits per heavy atom. The number of nitrogens with two attached hydrogens (primary N) is 1. The molecule has 0 saturated carbocycles. The molecule has 0 rings (SSSR count). The lowest BCUT2D eigenvalue weighted by atomic mass is 10.1. The fourth-order valence-electron chi connectivity index (χ4n) is 0.802. The van der Waals surface area contributed by atoms with Gasteiger partial charge in [0, 0.05) is 18.6 Å². The fraction of sp³-hybridized carbons (Fsp3) is 1.00. The smallest absolute Gasteiger partial charge is 0.212 e. The normalized spacial score (nSPS) is 13.9. The Kier molecular flexibility index (Phi) is 6.02. The molecule has 104 valence electrons. The largest absolute Gasteiger partial charge is 0.324 e. The van der Waals surface area contributed by atoms with Gasteiger partial charge in [0.2, 0.25) is 20.0 Å². The van der Waals surface area contributed by atoms with Crippen LogP contribution < -0.4 is 15.2 Å². The summed E-state index contributed by atoms with van der Waals surface area (Å²) in [5, 5.41) is 0. The number of hydrogen-bond acceptors (Lipinski definition) is 5. The van der Waals surface area contributed by atoms with E-state index in [1.807, 2.05) is 0 Å². The standard InChI is InChI=1S/C8H21N3O4S2/c1-4-16(12,13)10-5-6-17(14,15)11-7-8(2,3)9/h10-11H,4-7,9H2,1-3H3. The number of rotatable bonds is 8. The van der Waals surface area contributed by atoms with Crippen LogP contribution in [0.4, 0.5) is 0 Å². The van der Waals surface area contributed by atoms with Gasteiger partial charge < -0.3 is 5.73 Å². The lowest BCUT2D eigenvalue weighted by Crippen LogP contribution is -2.46. The Morgan fingerprint density at radius 2 is 1.59 bits per heavy atom. The van der Waals surface area contributed by atoms with Crippen LogP contribution in [0.15, 0.2) is 0 Å². The third kappa shape index (κ3) is 9.48. The number of nitrogens with one attached hydrogen (secondary N) is 2. The molecular formula is C8H21N3O4S2. The molecular weight excluding hydrogens is 266 g/mol. The molecule has 0 aliphatic heterocycles. The molecule has 0 atom stereocenters. The first-order chi connectivity index (χ1) is 7.47. The van der Waals surface area contributed by atoms with Crippen molar-refractivity contribution in [2.45, 2.75) is 26.3 Å². The first kappa shape index (κ1) is 16.8. The third-order valence-electron chi connectivity index (χ3n) is 1.82. The molecule has 0 aromatic rings. The highest BCUT2D eigenvalue weighted by molar-refractivity contribution is 7.90. The maximum Gasteiger partial charge on any atom is 0.212 e. The highest BCUT2D eigenvalue weighted by Crippen LogP contribution is 1.95. The third-order valence-corrected chi connectivity index (χ3v) is 4.55. The van der Waals surface area contributed by atoms with Gasteiger partial charge >= 0.3 is 0 Å². The summed E-state index contributed by atoms with van der Waals surface area (Å²) in [6.07, 6.45) is 0. The van der Waals surface area contributed by atoms with Gasteiger partial charge in [0.15, 0.2) is 0 Å². The van der Waals surface area contributed by atoms with Crippen molar-refractivity contribution in [2.24, 2.45) is 5.73 Å². The van der Waals surface area contributed by atoms with Gasteiger partial charge in [-0.2, -0.15) is 0 Å². The molecule has 0 aliphatic carbocycles. The lowest BCUT2D eigenvalue weighted by molar-refractivity contribution is 0.497. The zero-order valence-electron chi connectivity index (χ0n) is 10.4. The number of sulfonamides is 2. The maximum absolute atomic E-state index is 11.4. The highest BCUT2D eigenvalue weighted by atomic mass is 32.2. The zero-order chi connectivity index (χ0) is 13.7. The average Bonchev–Trinajstić information content (AvgIpc) is 2.13. The van der Waals surface area contributed by atoms with E-state index in [0.29, 0.717) is 0 Å². The van der Waals surface area contributed by atoms with E-state index in [2.05, 4.69) is 9.44 Å². The topological polar surface area (TPSA) is 118 Å². The SMILES string of the molecule is CCS(=O)(=O)NCCS(=O)(=O)NCC(C)(C)N. The summed E-state index contributed by atoms with van der Waals surface area (Å²) in [5.74, 6) is -0.376. The molecule has 0 bridgehead atoms. The predicted octanol–water partition coefficient (Wildman–Crippen LogP) is -1.42. The van der Waals surface area contributed by atoms with Crippen LogP contribution in [0.1, 0.15) is 20.8 Å². The van der Waals surface area contributed by atoms with Crippen molar-refractivity contribution >= 4 is 20.0 Å². The molecule has 0 aromatic heterocycles. The quantitative estimate of drug-likeness (QED) is 0.506. The van der Waals surface area contributed by atoms with Crippen LogP contribution >= 0.6 is 0 Å². The summed E-state index contributed by atoms with van der Waals surface area (Å²) in [6.45, 7) is 4.82. The van der Waals surface area contributed by atoms with Gasteiger partial charge in [0.05, 0.1) is 11.5 Å². The van der Waals surface area contributed by atoms with E-state index in [0.717, 1.165) is 0 Å². The molecule has 0 aliphatic rings. The van der Waals surface area contributed by atoms with Crippen molar-refractivity contribution < 1.29 is 16.8 Å². The minimum absolute atomic E-state index is 0.0731. The van der Waals surface area contributed by atoms with Gasteiger partial charge in [0.1, 0.15) is 0 Å². The van der Waals surface area contributed by atoms with Crippen molar-refractivity contribution in [2.75, 3.05) is 24.6 Å². The zero-order valence-corrected chi connectivity index (χ0v) is 12.0. The van der Waals surface area contributed by atoms with E-state index in [1.54, 1.807) is 13.8 Å². The summed E-state index contributed by atoms with van der Waals surface area (Å²) in [4.78, 5) is 0. The van der Waals surface area contributed by atoms with Crippen molar-refractivity contribution in [1.82, 2.24) is 9.44 Å². The van der Waals surface area contributed by atoms with E-state index < -0.39 is 25.6 Å². The number of hydrogen-bond donors (Lipinski definition) is 3. The molecule has 0 fully saturated rings. The van der Waals surface area contributed by atoms with Crippen molar-refractivity contribution in [3.8, 4) is 0 Å². The molecule has 0 saturated heterocycles. The van der Waals surface area contributed by atoms with Crippen LogP contribution in [0.3, 0.4) is 0 Å². The maximum atomic E-state index is 11.4. The summed E-state index contributed by atoms with van der Waals surface area (Å²) < 4.78 is 49.5. The summed E-state index contributed by atoms with van der Waals surface area (Å²) in [5.41, 5.74) is 4.98. The fourth-order valence-corrected chi connectivity index (χ4v) is 2.66. The van der Waals surface area contributed by atoms with Crippen molar-refractivity contribution in [3.05, 3.63) is 0 Å². The molecule has 9 heteroatoms. The Balaban J connectivity index is 4.13. The summed E-state index contributed by atoms with van der Waals surface area (Å²) in [6, 6.07) is 0. The summed E-state index contributed by atoms with van der Waals surface area (Å²) >= 11 is 0. The van der Waals surface area contributed by atoms with E-state index in [-0.39, 0.29) is 24.6 Å². The van der Waals surface area contributed by atoms with Gasteiger partial charge in [-0.15, -0.1) is 0 Å². The van der Waals surface area contributed by atoms with E-state index in [9.17, 15) is 16.8 Å². The Bertz CT molecular complexity index is 422. The first-order valence-corrected chi connectivity index (χ1v) is 8.51. The molecule has 0 amide bonds. The van der Waals surface area contributed by atoms with E-state index in [1.165, 1.54) is 6.92 Å². The van der Waals surface area contributed by atoms with Crippen molar-refractivity contribution in [1.29, 1.82) is 0 Å². The van der Waals surface area contributed by atoms with Gasteiger partial charge in [-0.1, -0.05) is 0 Å². The molecule has 0 unspecified atom stereocenters. The monoisotopic (exact) mass is 287 g/mol. The Labute approximate surface area is 103 Å². The van der Waals surface area contributed by atoms with Gasteiger partial charge in [-0.05, 0) is 20.8 Å². The van der Waals surface area contributed by atoms with Crippen LogP contribution in [-0.4, -0.2) is 47.0 Å². The molecule has 17 heavy (non-hydrogen) atoms. The molecule has 0 aromatic carbocycles. The van der Waals surface area contributed by atoms with Gasteiger partial charge in [-0.25, -0.2) is 26.3 Å². The molecule has 7 nitrogen and oxygen atoms in total. The Hall–Kier alpha value is -0.220.